The fourth-order valence-electron chi connectivity index (χ4n) is 2.39. The van der Waals surface area contributed by atoms with Crippen LogP contribution >= 0.6 is 11.8 Å². The van der Waals surface area contributed by atoms with Gasteiger partial charge < -0.3 is 5.32 Å². The quantitative estimate of drug-likeness (QED) is 0.696. The molecule has 1 nitrogen and oxygen atoms in total. The Kier molecular flexibility index (Phi) is 6.42. The smallest absolute Gasteiger partial charge is 0.0198 e. The number of nitrogens with one attached hydrogen (secondary N) is 1. The van der Waals surface area contributed by atoms with Crippen LogP contribution in [0, 0.1) is 0 Å². The normalized spacial score (nSPS) is 28.7. The molecule has 0 amide bonds. The van der Waals surface area contributed by atoms with E-state index in [1.807, 2.05) is 17.8 Å². The second kappa shape index (κ2) is 7.34. The van der Waals surface area contributed by atoms with Gasteiger partial charge in [-0.25, -0.2) is 0 Å². The Hall–Kier alpha value is 0.0500. The van der Waals surface area contributed by atoms with Crippen LogP contribution in [0.2, 0.25) is 0 Å². The molecule has 0 aliphatic heterocycles. The predicted octanol–water partition coefficient (Wildman–Crippen LogP) is 3.60. The molecule has 1 saturated carbocycles. The molecule has 0 aromatic rings. The minimum Gasteiger partial charge on any atom is -0.310 e. The van der Waals surface area contributed by atoms with E-state index in [0.29, 0.717) is 6.04 Å². The second-order valence-electron chi connectivity index (χ2n) is 4.60. The van der Waals surface area contributed by atoms with E-state index in [9.17, 15) is 0 Å². The van der Waals surface area contributed by atoms with E-state index in [4.69, 9.17) is 0 Å². The zero-order valence-electron chi connectivity index (χ0n) is 10.2. The molecule has 0 aromatic carbocycles. The average Bonchev–Trinajstić information content (AvgIpc) is 2.27. The summed E-state index contributed by atoms with van der Waals surface area (Å²) < 4.78 is 0. The molecule has 0 spiro atoms. The van der Waals surface area contributed by atoms with Crippen LogP contribution in [-0.2, 0) is 0 Å². The SMILES string of the molecule is C=CCCC(C)NC1CCCCC1SC. The van der Waals surface area contributed by atoms with Gasteiger partial charge in [0.05, 0.1) is 0 Å². The van der Waals surface area contributed by atoms with Crippen molar-refractivity contribution in [2.75, 3.05) is 6.26 Å². The van der Waals surface area contributed by atoms with Crippen molar-refractivity contribution in [2.45, 2.75) is 62.8 Å². The van der Waals surface area contributed by atoms with Crippen molar-refractivity contribution in [2.24, 2.45) is 0 Å². The maximum atomic E-state index is 3.79. The van der Waals surface area contributed by atoms with Gasteiger partial charge in [-0.3, -0.25) is 0 Å². The third-order valence-corrected chi connectivity index (χ3v) is 4.48. The van der Waals surface area contributed by atoms with Gasteiger partial charge in [0.25, 0.3) is 0 Å². The molecule has 3 atom stereocenters. The predicted molar refractivity (Wildman–Crippen MR) is 71.6 cm³/mol. The fraction of sp³-hybridized carbons (Fsp3) is 0.846. The average molecular weight is 227 g/mol. The lowest BCUT2D eigenvalue weighted by molar-refractivity contribution is 0.346. The lowest BCUT2D eigenvalue weighted by Gasteiger charge is -2.33. The van der Waals surface area contributed by atoms with Crippen molar-refractivity contribution in [3.8, 4) is 0 Å². The highest BCUT2D eigenvalue weighted by Gasteiger charge is 2.24. The van der Waals surface area contributed by atoms with E-state index in [1.165, 1.54) is 32.1 Å². The van der Waals surface area contributed by atoms with Gasteiger partial charge in [-0.05, 0) is 38.9 Å². The van der Waals surface area contributed by atoms with Crippen molar-refractivity contribution in [3.63, 3.8) is 0 Å². The molecule has 88 valence electrons. The zero-order chi connectivity index (χ0) is 11.1. The van der Waals surface area contributed by atoms with Crippen molar-refractivity contribution in [3.05, 3.63) is 12.7 Å². The molecule has 15 heavy (non-hydrogen) atoms. The van der Waals surface area contributed by atoms with Gasteiger partial charge in [0.2, 0.25) is 0 Å². The van der Waals surface area contributed by atoms with E-state index in [2.05, 4.69) is 25.1 Å². The maximum Gasteiger partial charge on any atom is 0.0198 e. The molecule has 0 radical (unpaired) electrons. The minimum absolute atomic E-state index is 0.640. The first-order valence-electron chi connectivity index (χ1n) is 6.17. The Morgan fingerprint density at radius 2 is 2.20 bits per heavy atom. The van der Waals surface area contributed by atoms with Gasteiger partial charge >= 0.3 is 0 Å². The Balaban J connectivity index is 2.30. The van der Waals surface area contributed by atoms with Gasteiger partial charge in [0, 0.05) is 17.3 Å². The largest absolute Gasteiger partial charge is 0.310 e. The maximum absolute atomic E-state index is 3.79. The first-order chi connectivity index (χ1) is 7.27. The van der Waals surface area contributed by atoms with Crippen molar-refractivity contribution in [1.82, 2.24) is 5.32 Å². The Morgan fingerprint density at radius 3 is 2.87 bits per heavy atom. The topological polar surface area (TPSA) is 12.0 Å². The van der Waals surface area contributed by atoms with E-state index >= 15 is 0 Å². The molecule has 0 heterocycles. The van der Waals surface area contributed by atoms with Crippen LogP contribution in [0.1, 0.15) is 45.4 Å². The van der Waals surface area contributed by atoms with Gasteiger partial charge in [-0.15, -0.1) is 6.58 Å². The zero-order valence-corrected chi connectivity index (χ0v) is 11.0. The molecule has 0 saturated heterocycles. The summed E-state index contributed by atoms with van der Waals surface area (Å²) in [5, 5.41) is 4.62. The molecule has 0 bridgehead atoms. The number of thioether (sulfide) groups is 1. The van der Waals surface area contributed by atoms with Gasteiger partial charge in [0.15, 0.2) is 0 Å². The Morgan fingerprint density at radius 1 is 1.47 bits per heavy atom. The number of hydrogen-bond donors (Lipinski definition) is 1. The molecule has 0 aromatic heterocycles. The van der Waals surface area contributed by atoms with Crippen molar-refractivity contribution >= 4 is 11.8 Å². The van der Waals surface area contributed by atoms with E-state index in [1.54, 1.807) is 0 Å². The Labute approximate surface area is 99.1 Å². The highest BCUT2D eigenvalue weighted by atomic mass is 32.2. The van der Waals surface area contributed by atoms with Crippen LogP contribution < -0.4 is 5.32 Å². The lowest BCUT2D eigenvalue weighted by Crippen LogP contribution is -2.44. The second-order valence-corrected chi connectivity index (χ2v) is 5.68. The molecular formula is C13H25NS. The standard InChI is InChI=1S/C13H25NS/c1-4-5-8-11(2)14-12-9-6-7-10-13(12)15-3/h4,11-14H,1,5-10H2,2-3H3. The van der Waals surface area contributed by atoms with Crippen LogP contribution in [-0.4, -0.2) is 23.6 Å². The summed E-state index contributed by atoms with van der Waals surface area (Å²) in [6, 6.07) is 1.38. The van der Waals surface area contributed by atoms with Crippen LogP contribution in [0.15, 0.2) is 12.7 Å². The molecule has 3 unspecified atom stereocenters. The highest BCUT2D eigenvalue weighted by Crippen LogP contribution is 2.27. The van der Waals surface area contributed by atoms with E-state index in [0.717, 1.165) is 17.7 Å². The molecular weight excluding hydrogens is 202 g/mol. The van der Waals surface area contributed by atoms with Gasteiger partial charge in [-0.1, -0.05) is 18.9 Å². The molecule has 1 aliphatic rings. The summed E-state index contributed by atoms with van der Waals surface area (Å²) in [7, 11) is 0. The van der Waals surface area contributed by atoms with E-state index in [-0.39, 0.29) is 0 Å². The van der Waals surface area contributed by atoms with Crippen LogP contribution in [0.5, 0.6) is 0 Å². The van der Waals surface area contributed by atoms with Crippen LogP contribution in [0.25, 0.3) is 0 Å². The summed E-state index contributed by atoms with van der Waals surface area (Å²) >= 11 is 2.04. The molecule has 1 fully saturated rings. The number of hydrogen-bond acceptors (Lipinski definition) is 2. The summed E-state index contributed by atoms with van der Waals surface area (Å²) in [5.74, 6) is 0. The van der Waals surface area contributed by atoms with Crippen LogP contribution in [0.4, 0.5) is 0 Å². The van der Waals surface area contributed by atoms with Crippen molar-refractivity contribution in [1.29, 1.82) is 0 Å². The fourth-order valence-corrected chi connectivity index (χ4v) is 3.33. The van der Waals surface area contributed by atoms with Crippen molar-refractivity contribution < 1.29 is 0 Å². The van der Waals surface area contributed by atoms with E-state index < -0.39 is 0 Å². The third-order valence-electron chi connectivity index (χ3n) is 3.31. The Bertz CT molecular complexity index is 181. The first-order valence-corrected chi connectivity index (χ1v) is 7.46. The molecule has 2 heteroatoms. The summed E-state index contributed by atoms with van der Waals surface area (Å²) in [4.78, 5) is 0. The molecule has 1 N–H and O–H groups in total. The minimum atomic E-state index is 0.640. The summed E-state index contributed by atoms with van der Waals surface area (Å²) in [5.41, 5.74) is 0. The monoisotopic (exact) mass is 227 g/mol. The highest BCUT2D eigenvalue weighted by molar-refractivity contribution is 7.99. The van der Waals surface area contributed by atoms with Gasteiger partial charge in [0.1, 0.15) is 0 Å². The first kappa shape index (κ1) is 13.1. The van der Waals surface area contributed by atoms with Gasteiger partial charge in [-0.2, -0.15) is 11.8 Å². The number of rotatable bonds is 6. The third kappa shape index (κ3) is 4.60. The molecule has 1 rings (SSSR count). The summed E-state index contributed by atoms with van der Waals surface area (Å²) in [6.07, 6.45) is 12.2. The lowest BCUT2D eigenvalue weighted by atomic mass is 9.94. The molecule has 1 aliphatic carbocycles. The van der Waals surface area contributed by atoms with Crippen LogP contribution in [0.3, 0.4) is 0 Å². The summed E-state index contributed by atoms with van der Waals surface area (Å²) in [6.45, 7) is 6.08. The number of allylic oxidation sites excluding steroid dienone is 1.